The summed E-state index contributed by atoms with van der Waals surface area (Å²) in [6.45, 7) is 0. The molecule has 0 aromatic heterocycles. The first-order valence-corrected chi connectivity index (χ1v) is 7.63. The van der Waals surface area contributed by atoms with Gasteiger partial charge in [-0.15, -0.1) is 0 Å². The van der Waals surface area contributed by atoms with Crippen molar-refractivity contribution in [3.63, 3.8) is 0 Å². The van der Waals surface area contributed by atoms with E-state index in [2.05, 4.69) is 0 Å². The van der Waals surface area contributed by atoms with Crippen LogP contribution in [0.4, 0.5) is 0 Å². The van der Waals surface area contributed by atoms with Gasteiger partial charge in [0.25, 0.3) is 0 Å². The van der Waals surface area contributed by atoms with Crippen LogP contribution in [0.3, 0.4) is 0 Å². The number of carbonyl (C=O) groups is 2. The fraction of sp³-hybridized carbons (Fsp3) is 0.100. The van der Waals surface area contributed by atoms with Gasteiger partial charge in [-0.2, -0.15) is 0 Å². The second kappa shape index (κ2) is 8.53. The maximum absolute atomic E-state index is 11.7. The number of hydrogen-bond acceptors (Lipinski definition) is 4. The van der Waals surface area contributed by atoms with E-state index in [-0.39, 0.29) is 11.1 Å². The number of carboxylic acids is 2. The van der Waals surface area contributed by atoms with E-state index < -0.39 is 11.9 Å². The van der Waals surface area contributed by atoms with Crippen LogP contribution in [-0.2, 0) is 9.59 Å². The van der Waals surface area contributed by atoms with Gasteiger partial charge in [0.05, 0.1) is 25.4 Å². The van der Waals surface area contributed by atoms with Gasteiger partial charge in [0.1, 0.15) is 11.5 Å². The van der Waals surface area contributed by atoms with Crippen molar-refractivity contribution in [2.24, 2.45) is 0 Å². The van der Waals surface area contributed by atoms with E-state index in [1.54, 1.807) is 48.5 Å². The van der Waals surface area contributed by atoms with Crippen LogP contribution in [0.25, 0.3) is 12.2 Å². The van der Waals surface area contributed by atoms with E-state index in [9.17, 15) is 19.8 Å². The van der Waals surface area contributed by atoms with Crippen molar-refractivity contribution in [1.29, 1.82) is 0 Å². The molecule has 6 nitrogen and oxygen atoms in total. The predicted octanol–water partition coefficient (Wildman–Crippen LogP) is 3.34. The Bertz CT molecular complexity index is 806. The van der Waals surface area contributed by atoms with Crippen LogP contribution in [0.1, 0.15) is 11.1 Å². The summed E-state index contributed by atoms with van der Waals surface area (Å²) in [6.07, 6.45) is 2.59. The lowest BCUT2D eigenvalue weighted by atomic mass is 10.00. The summed E-state index contributed by atoms with van der Waals surface area (Å²) in [7, 11) is 2.98. The summed E-state index contributed by atoms with van der Waals surface area (Å²) in [5.41, 5.74) is 0.348. The molecule has 6 heteroatoms. The zero-order valence-corrected chi connectivity index (χ0v) is 14.3. The Labute approximate surface area is 150 Å². The third kappa shape index (κ3) is 4.73. The van der Waals surface area contributed by atoms with Crippen molar-refractivity contribution >= 4 is 24.1 Å². The zero-order chi connectivity index (χ0) is 19.1. The number of benzene rings is 2. The fourth-order valence-corrected chi connectivity index (χ4v) is 2.31. The van der Waals surface area contributed by atoms with Crippen molar-refractivity contribution < 1.29 is 29.3 Å². The molecule has 0 amide bonds. The van der Waals surface area contributed by atoms with Gasteiger partial charge in [-0.25, -0.2) is 9.59 Å². The maximum atomic E-state index is 11.7. The highest BCUT2D eigenvalue weighted by Crippen LogP contribution is 2.23. The minimum Gasteiger partial charge on any atom is -0.497 e. The largest absolute Gasteiger partial charge is 0.497 e. The molecular weight excluding hydrogens is 336 g/mol. The molecule has 2 aromatic rings. The maximum Gasteiger partial charge on any atom is 0.336 e. The van der Waals surface area contributed by atoms with Crippen LogP contribution in [-0.4, -0.2) is 36.4 Å². The van der Waals surface area contributed by atoms with Gasteiger partial charge in [-0.1, -0.05) is 24.3 Å². The van der Waals surface area contributed by atoms with E-state index in [4.69, 9.17) is 9.47 Å². The molecule has 0 atom stereocenters. The van der Waals surface area contributed by atoms with Gasteiger partial charge in [0.2, 0.25) is 0 Å². The van der Waals surface area contributed by atoms with Gasteiger partial charge >= 0.3 is 11.9 Å². The Morgan fingerprint density at radius 1 is 0.769 bits per heavy atom. The first-order chi connectivity index (χ1) is 12.4. The molecule has 0 aliphatic carbocycles. The summed E-state index contributed by atoms with van der Waals surface area (Å²) >= 11 is 0. The summed E-state index contributed by atoms with van der Waals surface area (Å²) in [5.74, 6) is -1.61. The number of ether oxygens (including phenoxy) is 2. The van der Waals surface area contributed by atoms with Crippen LogP contribution < -0.4 is 9.47 Å². The molecule has 2 N–H and O–H groups in total. The summed E-state index contributed by atoms with van der Waals surface area (Å²) in [5, 5.41) is 19.1. The molecule has 0 aliphatic rings. The molecule has 0 aliphatic heterocycles. The molecule has 0 saturated carbocycles. The summed E-state index contributed by atoms with van der Waals surface area (Å²) in [4.78, 5) is 23.4. The fourth-order valence-electron chi connectivity index (χ4n) is 2.31. The Hall–Kier alpha value is -3.54. The minimum atomic E-state index is -1.34. The van der Waals surface area contributed by atoms with Crippen LogP contribution in [0.5, 0.6) is 11.5 Å². The van der Waals surface area contributed by atoms with Gasteiger partial charge in [-0.3, -0.25) is 0 Å². The average molecular weight is 354 g/mol. The van der Waals surface area contributed by atoms with Crippen LogP contribution >= 0.6 is 0 Å². The van der Waals surface area contributed by atoms with Gasteiger partial charge < -0.3 is 19.7 Å². The smallest absolute Gasteiger partial charge is 0.336 e. The van der Waals surface area contributed by atoms with Crippen molar-refractivity contribution in [3.8, 4) is 11.5 Å². The molecule has 2 aromatic carbocycles. The number of aliphatic carboxylic acids is 2. The molecule has 2 rings (SSSR count). The zero-order valence-electron chi connectivity index (χ0n) is 14.3. The molecule has 0 bridgehead atoms. The first-order valence-electron chi connectivity index (χ1n) is 7.63. The first kappa shape index (κ1) is 18.8. The lowest BCUT2D eigenvalue weighted by Crippen LogP contribution is -2.11. The lowest BCUT2D eigenvalue weighted by Gasteiger charge is -2.07. The quantitative estimate of drug-likeness (QED) is 0.585. The standard InChI is InChI=1S/C20H18O6/c1-25-15-7-3-5-13(9-15)11-17(19(21)22)18(20(23)24)12-14-6-4-8-16(10-14)26-2/h3-12H,1-2H3,(H,21,22)(H,23,24). The van der Waals surface area contributed by atoms with E-state index in [0.717, 1.165) is 0 Å². The molecular formula is C20H18O6. The Kier molecular flexibility index (Phi) is 6.16. The third-order valence-electron chi connectivity index (χ3n) is 3.56. The van der Waals surface area contributed by atoms with Crippen molar-refractivity contribution in [2.45, 2.75) is 0 Å². The van der Waals surface area contributed by atoms with Gasteiger partial charge in [0.15, 0.2) is 0 Å². The van der Waals surface area contributed by atoms with Crippen LogP contribution in [0.2, 0.25) is 0 Å². The molecule has 0 heterocycles. The lowest BCUT2D eigenvalue weighted by molar-refractivity contribution is -0.136. The van der Waals surface area contributed by atoms with Crippen molar-refractivity contribution in [2.75, 3.05) is 14.2 Å². The van der Waals surface area contributed by atoms with Gasteiger partial charge in [-0.05, 0) is 47.5 Å². The highest BCUT2D eigenvalue weighted by atomic mass is 16.5. The van der Waals surface area contributed by atoms with Crippen LogP contribution in [0, 0.1) is 0 Å². The minimum absolute atomic E-state index is 0.339. The Morgan fingerprint density at radius 3 is 1.46 bits per heavy atom. The molecule has 0 unspecified atom stereocenters. The number of rotatable bonds is 7. The number of hydrogen-bond donors (Lipinski definition) is 2. The third-order valence-corrected chi connectivity index (χ3v) is 3.56. The van der Waals surface area contributed by atoms with Crippen LogP contribution in [0.15, 0.2) is 59.7 Å². The number of carboxylic acid groups (broad SMARTS) is 2. The molecule has 0 spiro atoms. The second-order valence-electron chi connectivity index (χ2n) is 5.28. The Balaban J connectivity index is 2.55. The van der Waals surface area contributed by atoms with E-state index in [1.807, 2.05) is 0 Å². The number of methoxy groups -OCH3 is 2. The summed E-state index contributed by atoms with van der Waals surface area (Å²) < 4.78 is 10.2. The normalized spacial score (nSPS) is 11.8. The second-order valence-corrected chi connectivity index (χ2v) is 5.28. The highest BCUT2D eigenvalue weighted by Gasteiger charge is 2.20. The van der Waals surface area contributed by atoms with Crippen molar-refractivity contribution in [3.05, 3.63) is 70.8 Å². The van der Waals surface area contributed by atoms with Gasteiger partial charge in [0, 0.05) is 0 Å². The summed E-state index contributed by atoms with van der Waals surface area (Å²) in [6, 6.07) is 13.4. The van der Waals surface area contributed by atoms with Crippen molar-refractivity contribution in [1.82, 2.24) is 0 Å². The van der Waals surface area contributed by atoms with E-state index in [1.165, 1.54) is 26.4 Å². The molecule has 26 heavy (non-hydrogen) atoms. The molecule has 134 valence electrons. The topological polar surface area (TPSA) is 93.1 Å². The molecule has 0 fully saturated rings. The molecule has 0 radical (unpaired) electrons. The van der Waals surface area contributed by atoms with E-state index >= 15 is 0 Å². The molecule has 0 saturated heterocycles. The van der Waals surface area contributed by atoms with E-state index in [0.29, 0.717) is 22.6 Å². The predicted molar refractivity (Wildman–Crippen MR) is 97.2 cm³/mol. The Morgan fingerprint density at radius 2 is 1.15 bits per heavy atom. The monoisotopic (exact) mass is 354 g/mol. The SMILES string of the molecule is COc1cccc(C=C(C(=O)O)C(=Cc2cccc(OC)c2)C(=O)O)c1. The highest BCUT2D eigenvalue weighted by molar-refractivity contribution is 6.11. The average Bonchev–Trinajstić information content (AvgIpc) is 2.64.